The van der Waals surface area contributed by atoms with E-state index < -0.39 is 0 Å². The van der Waals surface area contributed by atoms with Crippen molar-refractivity contribution in [2.75, 3.05) is 13.2 Å². The number of hydrogen-bond acceptors (Lipinski definition) is 5. The highest BCUT2D eigenvalue weighted by molar-refractivity contribution is 5.04. The Morgan fingerprint density at radius 2 is 2.00 bits per heavy atom. The van der Waals surface area contributed by atoms with Crippen molar-refractivity contribution in [1.82, 2.24) is 15.5 Å². The van der Waals surface area contributed by atoms with E-state index in [0.717, 1.165) is 31.6 Å². The fourth-order valence-corrected chi connectivity index (χ4v) is 2.74. The van der Waals surface area contributed by atoms with Gasteiger partial charge in [-0.1, -0.05) is 5.16 Å². The Morgan fingerprint density at radius 1 is 1.30 bits per heavy atom. The van der Waals surface area contributed by atoms with Crippen LogP contribution in [0.2, 0.25) is 0 Å². The van der Waals surface area contributed by atoms with Gasteiger partial charge >= 0.3 is 0 Å². The molecular weight excluding hydrogens is 254 g/mol. The Bertz CT molecular complexity index is 417. The summed E-state index contributed by atoms with van der Waals surface area (Å²) in [6.45, 7) is 10.00. The summed E-state index contributed by atoms with van der Waals surface area (Å²) in [5.74, 6) is 1.44. The zero-order valence-electron chi connectivity index (χ0n) is 13.2. The molecule has 1 aliphatic carbocycles. The van der Waals surface area contributed by atoms with Crippen LogP contribution in [0.15, 0.2) is 4.52 Å². The van der Waals surface area contributed by atoms with Crippen molar-refractivity contribution in [3.63, 3.8) is 0 Å². The minimum atomic E-state index is -0.298. The zero-order chi connectivity index (χ0) is 14.6. The second-order valence-corrected chi connectivity index (χ2v) is 6.57. The van der Waals surface area contributed by atoms with Gasteiger partial charge in [0.2, 0.25) is 11.7 Å². The highest BCUT2D eigenvalue weighted by Crippen LogP contribution is 2.40. The largest absolute Gasteiger partial charge is 0.367 e. The molecule has 0 unspecified atom stereocenters. The summed E-state index contributed by atoms with van der Waals surface area (Å²) in [4.78, 5) is 4.56. The minimum absolute atomic E-state index is 0.112. The Labute approximate surface area is 121 Å². The van der Waals surface area contributed by atoms with Gasteiger partial charge in [0.25, 0.3) is 0 Å². The number of ether oxygens (including phenoxy) is 1. The maximum Gasteiger partial charge on any atom is 0.228 e. The van der Waals surface area contributed by atoms with Crippen molar-refractivity contribution >= 4 is 0 Å². The predicted molar refractivity (Wildman–Crippen MR) is 77.5 cm³/mol. The van der Waals surface area contributed by atoms with Gasteiger partial charge in [0, 0.05) is 25.1 Å². The lowest BCUT2D eigenvalue weighted by Gasteiger charge is -2.24. The Morgan fingerprint density at radius 3 is 2.60 bits per heavy atom. The van der Waals surface area contributed by atoms with Crippen LogP contribution in [0.1, 0.15) is 65.1 Å². The van der Waals surface area contributed by atoms with Gasteiger partial charge in [0.05, 0.1) is 0 Å². The summed E-state index contributed by atoms with van der Waals surface area (Å²) in [6, 6.07) is 0. The molecule has 0 radical (unpaired) electrons. The lowest BCUT2D eigenvalue weighted by Crippen LogP contribution is -2.37. The van der Waals surface area contributed by atoms with E-state index in [2.05, 4.69) is 36.2 Å². The van der Waals surface area contributed by atoms with E-state index in [1.54, 1.807) is 0 Å². The Balaban J connectivity index is 1.97. The third-order valence-electron chi connectivity index (χ3n) is 3.70. The molecule has 1 aliphatic rings. The second kappa shape index (κ2) is 6.22. The van der Waals surface area contributed by atoms with Crippen LogP contribution < -0.4 is 5.32 Å². The zero-order valence-corrected chi connectivity index (χ0v) is 13.2. The van der Waals surface area contributed by atoms with E-state index in [1.165, 1.54) is 12.8 Å². The topological polar surface area (TPSA) is 60.2 Å². The van der Waals surface area contributed by atoms with Crippen LogP contribution in [0, 0.1) is 0 Å². The first-order valence-electron chi connectivity index (χ1n) is 7.67. The normalized spacial score (nSPS) is 18.6. The predicted octanol–water partition coefficient (Wildman–Crippen LogP) is 2.81. The van der Waals surface area contributed by atoms with Crippen molar-refractivity contribution in [3.8, 4) is 0 Å². The second-order valence-electron chi connectivity index (χ2n) is 6.57. The number of nitrogens with zero attached hydrogens (tertiary/aromatic N) is 2. The number of rotatable bonds is 6. The lowest BCUT2D eigenvalue weighted by molar-refractivity contribution is -0.0469. The van der Waals surface area contributed by atoms with Crippen LogP contribution >= 0.6 is 0 Å². The van der Waals surface area contributed by atoms with Crippen LogP contribution in [0.4, 0.5) is 0 Å². The smallest absolute Gasteiger partial charge is 0.228 e. The number of hydrogen-bond donors (Lipinski definition) is 1. The van der Waals surface area contributed by atoms with E-state index in [0.29, 0.717) is 12.5 Å². The molecule has 1 saturated carbocycles. The van der Waals surface area contributed by atoms with Crippen molar-refractivity contribution < 1.29 is 9.26 Å². The third-order valence-corrected chi connectivity index (χ3v) is 3.70. The molecule has 0 aliphatic heterocycles. The molecule has 1 aromatic rings. The van der Waals surface area contributed by atoms with Gasteiger partial charge in [-0.25, -0.2) is 0 Å². The van der Waals surface area contributed by atoms with Gasteiger partial charge < -0.3 is 14.6 Å². The minimum Gasteiger partial charge on any atom is -0.367 e. The average molecular weight is 281 g/mol. The highest BCUT2D eigenvalue weighted by Gasteiger charge is 2.40. The van der Waals surface area contributed by atoms with Crippen molar-refractivity contribution in [3.05, 3.63) is 11.7 Å². The highest BCUT2D eigenvalue weighted by atomic mass is 16.5. The van der Waals surface area contributed by atoms with Gasteiger partial charge in [0.1, 0.15) is 5.60 Å². The average Bonchev–Trinajstić information content (AvgIpc) is 2.97. The van der Waals surface area contributed by atoms with Gasteiger partial charge in [-0.2, -0.15) is 4.98 Å². The summed E-state index contributed by atoms with van der Waals surface area (Å²) in [5, 5.41) is 7.59. The van der Waals surface area contributed by atoms with Gasteiger partial charge in [-0.05, 0) is 53.4 Å². The molecule has 1 heterocycles. The molecule has 0 bridgehead atoms. The lowest BCUT2D eigenvalue weighted by atomic mass is 10.0. The molecule has 5 heteroatoms. The summed E-state index contributed by atoms with van der Waals surface area (Å²) >= 11 is 0. The molecule has 0 spiro atoms. The fourth-order valence-electron chi connectivity index (χ4n) is 2.74. The fraction of sp³-hybridized carbons (Fsp3) is 0.867. The van der Waals surface area contributed by atoms with Crippen LogP contribution in [0.5, 0.6) is 0 Å². The van der Waals surface area contributed by atoms with Crippen LogP contribution in [0.25, 0.3) is 0 Å². The molecule has 0 amide bonds. The molecule has 1 N–H and O–H groups in total. The number of nitrogens with one attached hydrogen (secondary N) is 1. The van der Waals surface area contributed by atoms with E-state index in [-0.39, 0.29) is 11.1 Å². The molecular formula is C15H27N3O2. The van der Waals surface area contributed by atoms with Gasteiger partial charge in [-0.3, -0.25) is 0 Å². The van der Waals surface area contributed by atoms with Crippen molar-refractivity contribution in [2.24, 2.45) is 0 Å². The van der Waals surface area contributed by atoms with E-state index in [1.807, 2.05) is 6.92 Å². The number of aromatic nitrogens is 2. The Kier molecular flexibility index (Phi) is 4.81. The summed E-state index contributed by atoms with van der Waals surface area (Å²) in [5.41, 5.74) is -0.186. The first kappa shape index (κ1) is 15.4. The molecule has 1 aromatic heterocycles. The summed E-state index contributed by atoms with van der Waals surface area (Å²) in [7, 11) is 0. The molecule has 2 rings (SSSR count). The maximum absolute atomic E-state index is 5.95. The first-order chi connectivity index (χ1) is 9.45. The standard InChI is InChI=1S/C15H27N3O2/c1-5-19-15(9-6-7-10-15)13-17-12(20-18-13)8-11-16-14(2,3)4/h16H,5-11H2,1-4H3. The van der Waals surface area contributed by atoms with Crippen molar-refractivity contribution in [2.45, 2.75) is 70.9 Å². The van der Waals surface area contributed by atoms with Crippen LogP contribution in [-0.4, -0.2) is 28.8 Å². The molecule has 0 aromatic carbocycles. The van der Waals surface area contributed by atoms with Crippen LogP contribution in [0.3, 0.4) is 0 Å². The third kappa shape index (κ3) is 3.79. The Hall–Kier alpha value is -0.940. The summed E-state index contributed by atoms with van der Waals surface area (Å²) in [6.07, 6.45) is 5.11. The molecule has 20 heavy (non-hydrogen) atoms. The molecule has 5 nitrogen and oxygen atoms in total. The quantitative estimate of drug-likeness (QED) is 0.869. The van der Waals surface area contributed by atoms with E-state index in [4.69, 9.17) is 9.26 Å². The molecule has 1 fully saturated rings. The molecule has 114 valence electrons. The van der Waals surface area contributed by atoms with Gasteiger partial charge in [-0.15, -0.1) is 0 Å². The summed E-state index contributed by atoms with van der Waals surface area (Å²) < 4.78 is 11.3. The SMILES string of the molecule is CCOC1(c2noc(CCNC(C)(C)C)n2)CCCC1. The van der Waals surface area contributed by atoms with E-state index >= 15 is 0 Å². The van der Waals surface area contributed by atoms with Crippen molar-refractivity contribution in [1.29, 1.82) is 0 Å². The van der Waals surface area contributed by atoms with Gasteiger partial charge in [0.15, 0.2) is 0 Å². The van der Waals surface area contributed by atoms with E-state index in [9.17, 15) is 0 Å². The van der Waals surface area contributed by atoms with Crippen LogP contribution in [-0.2, 0) is 16.8 Å². The maximum atomic E-state index is 5.95. The molecule has 0 saturated heterocycles. The molecule has 0 atom stereocenters. The monoisotopic (exact) mass is 281 g/mol. The first-order valence-corrected chi connectivity index (χ1v) is 7.67.